The van der Waals surface area contributed by atoms with Crippen LogP contribution >= 0.6 is 0 Å². The molecule has 4 nitrogen and oxygen atoms in total. The molecule has 1 fully saturated rings. The van der Waals surface area contributed by atoms with Gasteiger partial charge in [0.1, 0.15) is 0 Å². The van der Waals surface area contributed by atoms with E-state index in [1.165, 1.54) is 18.4 Å². The lowest BCUT2D eigenvalue weighted by molar-refractivity contribution is 0.430. The second kappa shape index (κ2) is 5.91. The zero-order valence-electron chi connectivity index (χ0n) is 12.4. The monoisotopic (exact) mass is 306 g/mol. The predicted octanol–water partition coefficient (Wildman–Crippen LogP) is 2.28. The first-order chi connectivity index (χ1) is 10.1. The van der Waals surface area contributed by atoms with Crippen LogP contribution in [0.25, 0.3) is 0 Å². The Bertz CT molecular complexity index is 648. The van der Waals surface area contributed by atoms with E-state index in [0.29, 0.717) is 30.6 Å². The first kappa shape index (κ1) is 14.8. The number of hydrogen-bond donors (Lipinski definition) is 1. The van der Waals surface area contributed by atoms with E-state index in [2.05, 4.69) is 12.2 Å². The quantitative estimate of drug-likeness (QED) is 0.849. The van der Waals surface area contributed by atoms with Crippen LogP contribution in [0.2, 0.25) is 0 Å². The first-order valence-electron chi connectivity index (χ1n) is 7.54. The molecule has 0 amide bonds. The number of rotatable bonds is 5. The van der Waals surface area contributed by atoms with Crippen LogP contribution in [0.1, 0.15) is 31.7 Å². The Morgan fingerprint density at radius 1 is 1.29 bits per heavy atom. The average Bonchev–Trinajstić information content (AvgIpc) is 3.30. The lowest BCUT2D eigenvalue weighted by Crippen LogP contribution is -2.35. The Balaban J connectivity index is 1.84. The molecule has 3 rings (SSSR count). The molecule has 0 saturated heterocycles. The van der Waals surface area contributed by atoms with Crippen molar-refractivity contribution >= 4 is 10.0 Å². The Morgan fingerprint density at radius 2 is 2.05 bits per heavy atom. The Kier molecular flexibility index (Phi) is 4.15. The topological polar surface area (TPSA) is 49.4 Å². The third-order valence-corrected chi connectivity index (χ3v) is 6.11. The Morgan fingerprint density at radius 3 is 2.71 bits per heavy atom. The first-order valence-corrected chi connectivity index (χ1v) is 8.98. The molecule has 1 aliphatic carbocycles. The summed E-state index contributed by atoms with van der Waals surface area (Å²) in [4.78, 5) is 0.450. The van der Waals surface area contributed by atoms with Gasteiger partial charge in [-0.15, -0.1) is 0 Å². The summed E-state index contributed by atoms with van der Waals surface area (Å²) in [5.41, 5.74) is 2.14. The normalized spacial score (nSPS) is 20.3. The van der Waals surface area contributed by atoms with E-state index >= 15 is 0 Å². The zero-order valence-corrected chi connectivity index (χ0v) is 13.2. The summed E-state index contributed by atoms with van der Waals surface area (Å²) in [5.74, 6) is 0. The summed E-state index contributed by atoms with van der Waals surface area (Å²) in [5, 5.41) is 3.40. The van der Waals surface area contributed by atoms with Crippen molar-refractivity contribution in [3.63, 3.8) is 0 Å². The molecule has 114 valence electrons. The molecule has 1 aliphatic heterocycles. The van der Waals surface area contributed by atoms with Gasteiger partial charge in [-0.1, -0.05) is 29.8 Å². The van der Waals surface area contributed by atoms with Crippen molar-refractivity contribution in [1.29, 1.82) is 0 Å². The lowest BCUT2D eigenvalue weighted by atomic mass is 10.1. The Labute approximate surface area is 126 Å². The highest BCUT2D eigenvalue weighted by Gasteiger charge is 2.28. The molecule has 0 unspecified atom stereocenters. The highest BCUT2D eigenvalue weighted by Crippen LogP contribution is 2.25. The third kappa shape index (κ3) is 3.36. The lowest BCUT2D eigenvalue weighted by Gasteiger charge is -2.25. The fraction of sp³-hybridized carbons (Fsp3) is 0.500. The van der Waals surface area contributed by atoms with E-state index in [-0.39, 0.29) is 0 Å². The molecular formula is C16H22N2O2S. The Hall–Kier alpha value is -1.17. The van der Waals surface area contributed by atoms with Crippen LogP contribution in [0, 0.1) is 0 Å². The van der Waals surface area contributed by atoms with Gasteiger partial charge in [0, 0.05) is 25.7 Å². The molecular weight excluding hydrogens is 284 g/mol. The maximum atomic E-state index is 12.8. The van der Waals surface area contributed by atoms with E-state index in [1.807, 2.05) is 18.2 Å². The number of nitrogens with one attached hydrogen (secondary N) is 1. The second-order valence-electron chi connectivity index (χ2n) is 5.93. The van der Waals surface area contributed by atoms with Gasteiger partial charge in [0.2, 0.25) is 10.0 Å². The van der Waals surface area contributed by atoms with Crippen LogP contribution in [0.3, 0.4) is 0 Å². The van der Waals surface area contributed by atoms with E-state index in [9.17, 15) is 8.42 Å². The van der Waals surface area contributed by atoms with Crippen molar-refractivity contribution in [1.82, 2.24) is 9.62 Å². The number of hydrogen-bond acceptors (Lipinski definition) is 3. The molecule has 1 aromatic rings. The van der Waals surface area contributed by atoms with Gasteiger partial charge in [0.05, 0.1) is 4.90 Å². The number of benzene rings is 1. The molecule has 5 heteroatoms. The minimum Gasteiger partial charge on any atom is -0.310 e. The van der Waals surface area contributed by atoms with Crippen LogP contribution in [-0.4, -0.2) is 31.9 Å². The molecule has 0 atom stereocenters. The van der Waals surface area contributed by atoms with Gasteiger partial charge in [-0.25, -0.2) is 8.42 Å². The highest BCUT2D eigenvalue weighted by atomic mass is 32.2. The van der Waals surface area contributed by atoms with Crippen molar-refractivity contribution in [2.24, 2.45) is 0 Å². The predicted molar refractivity (Wildman–Crippen MR) is 83.4 cm³/mol. The molecule has 0 spiro atoms. The summed E-state index contributed by atoms with van der Waals surface area (Å²) in [7, 11) is -3.39. The molecule has 2 aliphatic rings. The van der Waals surface area contributed by atoms with E-state index < -0.39 is 10.0 Å². The molecule has 1 heterocycles. The summed E-state index contributed by atoms with van der Waals surface area (Å²) in [6.07, 6.45) is 5.23. The van der Waals surface area contributed by atoms with Crippen molar-refractivity contribution in [2.75, 3.05) is 13.1 Å². The van der Waals surface area contributed by atoms with Gasteiger partial charge >= 0.3 is 0 Å². The smallest absolute Gasteiger partial charge is 0.243 e. The molecule has 0 bridgehead atoms. The fourth-order valence-corrected chi connectivity index (χ4v) is 4.16. The average molecular weight is 306 g/mol. The minimum atomic E-state index is -3.39. The van der Waals surface area contributed by atoms with Crippen LogP contribution in [0.4, 0.5) is 0 Å². The van der Waals surface area contributed by atoms with Gasteiger partial charge in [-0.05, 0) is 37.8 Å². The maximum Gasteiger partial charge on any atom is 0.243 e. The SMILES string of the molecule is CC1=CCN(S(=O)(=O)c2ccccc2CNC2CC2)CC1. The second-order valence-corrected chi connectivity index (χ2v) is 7.83. The molecule has 1 N–H and O–H groups in total. The molecule has 1 aromatic carbocycles. The standard InChI is InChI=1S/C16H22N2O2S/c1-13-8-10-18(11-9-13)21(19,20)16-5-3-2-4-14(16)12-17-15-6-7-15/h2-5,8,15,17H,6-7,9-12H2,1H3. The number of sulfonamides is 1. The summed E-state index contributed by atoms with van der Waals surface area (Å²) < 4.78 is 27.3. The van der Waals surface area contributed by atoms with Crippen LogP contribution < -0.4 is 5.32 Å². The molecule has 0 radical (unpaired) electrons. The van der Waals surface area contributed by atoms with E-state index in [0.717, 1.165) is 12.0 Å². The van der Waals surface area contributed by atoms with Crippen LogP contribution in [-0.2, 0) is 16.6 Å². The van der Waals surface area contributed by atoms with Gasteiger partial charge in [0.25, 0.3) is 0 Å². The zero-order chi connectivity index (χ0) is 14.9. The molecule has 1 saturated carbocycles. The van der Waals surface area contributed by atoms with Gasteiger partial charge in [-0.2, -0.15) is 4.31 Å². The fourth-order valence-electron chi connectivity index (χ4n) is 2.55. The van der Waals surface area contributed by atoms with Crippen LogP contribution in [0.15, 0.2) is 40.8 Å². The molecule has 0 aromatic heterocycles. The maximum absolute atomic E-state index is 12.8. The van der Waals surface area contributed by atoms with Crippen molar-refractivity contribution in [2.45, 2.75) is 43.7 Å². The molecule has 21 heavy (non-hydrogen) atoms. The van der Waals surface area contributed by atoms with Crippen molar-refractivity contribution in [3.8, 4) is 0 Å². The third-order valence-electron chi connectivity index (χ3n) is 4.15. The van der Waals surface area contributed by atoms with E-state index in [4.69, 9.17) is 0 Å². The largest absolute Gasteiger partial charge is 0.310 e. The van der Waals surface area contributed by atoms with E-state index in [1.54, 1.807) is 16.4 Å². The summed E-state index contributed by atoms with van der Waals surface area (Å²) in [6, 6.07) is 7.92. The highest BCUT2D eigenvalue weighted by molar-refractivity contribution is 7.89. The number of nitrogens with zero attached hydrogens (tertiary/aromatic N) is 1. The summed E-state index contributed by atoms with van der Waals surface area (Å²) >= 11 is 0. The minimum absolute atomic E-state index is 0.450. The van der Waals surface area contributed by atoms with Gasteiger partial charge < -0.3 is 5.32 Å². The van der Waals surface area contributed by atoms with Crippen molar-refractivity contribution in [3.05, 3.63) is 41.5 Å². The van der Waals surface area contributed by atoms with Gasteiger partial charge in [-0.3, -0.25) is 0 Å². The summed E-state index contributed by atoms with van der Waals surface area (Å²) in [6.45, 7) is 3.74. The van der Waals surface area contributed by atoms with Gasteiger partial charge in [0.15, 0.2) is 0 Å². The van der Waals surface area contributed by atoms with Crippen LogP contribution in [0.5, 0.6) is 0 Å². The van der Waals surface area contributed by atoms with Crippen molar-refractivity contribution < 1.29 is 8.42 Å².